The summed E-state index contributed by atoms with van der Waals surface area (Å²) in [6, 6.07) is 10.2. The second-order valence-corrected chi connectivity index (χ2v) is 12.6. The molecule has 3 aromatic heterocycles. The van der Waals surface area contributed by atoms with E-state index in [-0.39, 0.29) is 54.4 Å². The van der Waals surface area contributed by atoms with Crippen LogP contribution < -0.4 is 16.0 Å². The predicted octanol–water partition coefficient (Wildman–Crippen LogP) is 3.70. The van der Waals surface area contributed by atoms with E-state index < -0.39 is 23.9 Å². The number of hydrogen-bond donors (Lipinski definition) is 3. The van der Waals surface area contributed by atoms with Crippen molar-refractivity contribution in [3.8, 4) is 0 Å². The number of carbonyl (C=O) groups excluding carboxylic acids is 4. The molecule has 0 radical (unpaired) electrons. The van der Waals surface area contributed by atoms with Crippen LogP contribution in [0.15, 0.2) is 51.7 Å². The summed E-state index contributed by atoms with van der Waals surface area (Å²) in [6.45, 7) is 5.78. The topological polar surface area (TPSA) is 159 Å². The Labute approximate surface area is 262 Å². The molecule has 0 aliphatic carbocycles. The molecular weight excluding hydrogens is 603 g/mol. The summed E-state index contributed by atoms with van der Waals surface area (Å²) >= 11 is 2.58. The lowest BCUT2D eigenvalue weighted by atomic mass is 10.0. The molecule has 12 nitrogen and oxygen atoms in total. The maximum atomic E-state index is 13.5. The van der Waals surface area contributed by atoms with Crippen LogP contribution >= 0.6 is 22.7 Å². The van der Waals surface area contributed by atoms with E-state index in [0.29, 0.717) is 28.6 Å². The van der Waals surface area contributed by atoms with Crippen LogP contribution in [-0.2, 0) is 11.2 Å². The van der Waals surface area contributed by atoms with Crippen molar-refractivity contribution in [1.82, 2.24) is 36.0 Å². The Bertz CT molecular complexity index is 1630. The van der Waals surface area contributed by atoms with Gasteiger partial charge in [0, 0.05) is 29.9 Å². The standard InChI is InChI=1S/C30H33N7O5S2/c1-17(2)25-29-34-22(15-44-29)26(39)31-10-7-11-37(30(41)21-12-18(3)42-36-21)14-24(38)32-20(13-19-8-5-4-6-9-19)28-33-23(16-43-28)27(40)35-25/h4-6,8-9,12,15-17,20,25H,7,10-11,13-14H2,1-3H3,(H,31,39)(H,32,38)(H,35,40)/t20-,25-/m0/s1. The maximum absolute atomic E-state index is 13.5. The first kappa shape index (κ1) is 31.0. The van der Waals surface area contributed by atoms with Gasteiger partial charge in [0.05, 0.1) is 18.6 Å². The molecule has 1 aliphatic heterocycles. The minimum absolute atomic E-state index is 0.00429. The van der Waals surface area contributed by atoms with Crippen LogP contribution in [0.2, 0.25) is 0 Å². The molecule has 0 unspecified atom stereocenters. The van der Waals surface area contributed by atoms with Crippen LogP contribution in [-0.4, -0.2) is 63.3 Å². The van der Waals surface area contributed by atoms with Gasteiger partial charge in [-0.1, -0.05) is 49.3 Å². The summed E-state index contributed by atoms with van der Waals surface area (Å²) in [5, 5.41) is 17.2. The molecule has 0 fully saturated rings. The number of aryl methyl sites for hydroxylation is 1. The van der Waals surface area contributed by atoms with Crippen molar-refractivity contribution in [2.24, 2.45) is 5.92 Å². The van der Waals surface area contributed by atoms with Crippen molar-refractivity contribution < 1.29 is 23.7 Å². The lowest BCUT2D eigenvalue weighted by Gasteiger charge is -2.23. The van der Waals surface area contributed by atoms with Gasteiger partial charge in [0.25, 0.3) is 17.7 Å². The van der Waals surface area contributed by atoms with Crippen LogP contribution in [0.1, 0.15) is 85.2 Å². The number of hydrogen-bond acceptors (Lipinski definition) is 10. The zero-order valence-electron chi connectivity index (χ0n) is 24.5. The van der Waals surface area contributed by atoms with Crippen molar-refractivity contribution in [2.45, 2.75) is 45.7 Å². The monoisotopic (exact) mass is 635 g/mol. The number of nitrogens with one attached hydrogen (secondary N) is 3. The molecule has 14 heteroatoms. The third kappa shape index (κ3) is 7.55. The molecule has 2 atom stereocenters. The van der Waals surface area contributed by atoms with Gasteiger partial charge >= 0.3 is 0 Å². The fraction of sp³-hybridized carbons (Fsp3) is 0.367. The Morgan fingerprint density at radius 1 is 1.02 bits per heavy atom. The molecule has 4 bridgehead atoms. The lowest BCUT2D eigenvalue weighted by Crippen LogP contribution is -2.43. The number of amides is 4. The van der Waals surface area contributed by atoms with E-state index in [4.69, 9.17) is 4.52 Å². The zero-order chi connectivity index (χ0) is 31.2. The maximum Gasteiger partial charge on any atom is 0.276 e. The molecule has 0 saturated heterocycles. The van der Waals surface area contributed by atoms with Gasteiger partial charge in [0.1, 0.15) is 27.2 Å². The third-order valence-corrected chi connectivity index (χ3v) is 8.89. The highest BCUT2D eigenvalue weighted by molar-refractivity contribution is 7.10. The lowest BCUT2D eigenvalue weighted by molar-refractivity contribution is -0.122. The van der Waals surface area contributed by atoms with Crippen LogP contribution in [0.5, 0.6) is 0 Å². The van der Waals surface area contributed by atoms with Gasteiger partial charge in [0.15, 0.2) is 5.69 Å². The molecule has 4 amide bonds. The Hall–Kier alpha value is -4.43. The van der Waals surface area contributed by atoms with Gasteiger partial charge in [-0.2, -0.15) is 0 Å². The zero-order valence-corrected chi connectivity index (χ0v) is 26.2. The normalized spacial score (nSPS) is 18.5. The van der Waals surface area contributed by atoms with Gasteiger partial charge < -0.3 is 25.4 Å². The molecule has 1 aromatic carbocycles. The summed E-state index contributed by atoms with van der Waals surface area (Å²) in [5.41, 5.74) is 1.52. The molecule has 5 rings (SSSR count). The molecule has 0 spiro atoms. The summed E-state index contributed by atoms with van der Waals surface area (Å²) in [6.07, 6.45) is 0.812. The summed E-state index contributed by atoms with van der Waals surface area (Å²) < 4.78 is 5.09. The van der Waals surface area contributed by atoms with Crippen molar-refractivity contribution in [2.75, 3.05) is 19.6 Å². The minimum Gasteiger partial charge on any atom is -0.361 e. The first-order chi connectivity index (χ1) is 21.2. The number of fused-ring (bicyclic) bond motifs is 4. The van der Waals surface area contributed by atoms with Crippen molar-refractivity contribution in [3.63, 3.8) is 0 Å². The Kier molecular flexibility index (Phi) is 9.80. The highest BCUT2D eigenvalue weighted by Crippen LogP contribution is 2.27. The fourth-order valence-electron chi connectivity index (χ4n) is 4.72. The van der Waals surface area contributed by atoms with Gasteiger partial charge in [-0.3, -0.25) is 19.2 Å². The van der Waals surface area contributed by atoms with Crippen LogP contribution in [0.25, 0.3) is 0 Å². The first-order valence-corrected chi connectivity index (χ1v) is 16.0. The predicted molar refractivity (Wildman–Crippen MR) is 164 cm³/mol. The van der Waals surface area contributed by atoms with Crippen molar-refractivity contribution >= 4 is 46.3 Å². The average Bonchev–Trinajstić information content (AvgIpc) is 3.78. The number of carbonyl (C=O) groups is 4. The second kappa shape index (κ2) is 13.9. The quantitative estimate of drug-likeness (QED) is 0.306. The molecule has 230 valence electrons. The average molecular weight is 636 g/mol. The Morgan fingerprint density at radius 3 is 2.43 bits per heavy atom. The van der Waals surface area contributed by atoms with E-state index in [0.717, 1.165) is 5.56 Å². The van der Waals surface area contributed by atoms with Gasteiger partial charge in [-0.05, 0) is 31.2 Å². The van der Waals surface area contributed by atoms with Gasteiger partial charge in [0.2, 0.25) is 5.91 Å². The number of benzene rings is 1. The number of nitrogens with zero attached hydrogens (tertiary/aromatic N) is 4. The highest BCUT2D eigenvalue weighted by atomic mass is 32.1. The SMILES string of the molecule is Cc1cc(C(=O)N2CCCNC(=O)c3csc(n3)[C@H](C(C)C)NC(=O)c3csc(n3)[C@H](Cc3ccccc3)NC(=O)C2)no1. The van der Waals surface area contributed by atoms with E-state index >= 15 is 0 Å². The molecule has 4 heterocycles. The van der Waals surface area contributed by atoms with E-state index in [2.05, 4.69) is 31.1 Å². The summed E-state index contributed by atoms with van der Waals surface area (Å²) in [7, 11) is 0. The van der Waals surface area contributed by atoms with Crippen LogP contribution in [0.4, 0.5) is 0 Å². The van der Waals surface area contributed by atoms with E-state index in [1.807, 2.05) is 44.2 Å². The Morgan fingerprint density at radius 2 is 1.73 bits per heavy atom. The van der Waals surface area contributed by atoms with Crippen LogP contribution in [0, 0.1) is 12.8 Å². The molecule has 3 N–H and O–H groups in total. The largest absolute Gasteiger partial charge is 0.361 e. The second-order valence-electron chi connectivity index (χ2n) is 10.8. The first-order valence-electron chi connectivity index (χ1n) is 14.2. The third-order valence-electron chi connectivity index (χ3n) is 7.00. The van der Waals surface area contributed by atoms with E-state index in [9.17, 15) is 19.2 Å². The van der Waals surface area contributed by atoms with Crippen LogP contribution in [0.3, 0.4) is 0 Å². The smallest absolute Gasteiger partial charge is 0.276 e. The van der Waals surface area contributed by atoms with E-state index in [1.54, 1.807) is 17.7 Å². The Balaban J connectivity index is 1.47. The number of rotatable bonds is 4. The summed E-state index contributed by atoms with van der Waals surface area (Å²) in [5.74, 6) is -1.15. The molecular formula is C30H33N7O5S2. The van der Waals surface area contributed by atoms with Gasteiger partial charge in [-0.25, -0.2) is 9.97 Å². The van der Waals surface area contributed by atoms with Crippen molar-refractivity contribution in [3.05, 3.63) is 85.6 Å². The molecule has 44 heavy (non-hydrogen) atoms. The van der Waals surface area contributed by atoms with Gasteiger partial charge in [-0.15, -0.1) is 22.7 Å². The molecule has 4 aromatic rings. The highest BCUT2D eigenvalue weighted by Gasteiger charge is 2.28. The fourth-order valence-corrected chi connectivity index (χ4v) is 6.59. The van der Waals surface area contributed by atoms with Crippen molar-refractivity contribution in [1.29, 1.82) is 0 Å². The molecule has 0 saturated carbocycles. The minimum atomic E-state index is -0.550. The number of aromatic nitrogens is 3. The molecule has 1 aliphatic rings. The number of thiazole rings is 2. The summed E-state index contributed by atoms with van der Waals surface area (Å²) in [4.78, 5) is 63.5. The van der Waals surface area contributed by atoms with E-state index in [1.165, 1.54) is 33.6 Å².